The van der Waals surface area contributed by atoms with Crippen LogP contribution >= 0.6 is 23.2 Å². The van der Waals surface area contributed by atoms with Crippen LogP contribution < -0.4 is 14.4 Å². The highest BCUT2D eigenvalue weighted by Crippen LogP contribution is 2.36. The fourth-order valence-corrected chi connectivity index (χ4v) is 3.23. The first-order chi connectivity index (χ1) is 13.4. The number of ether oxygens (including phenoxy) is 2. The third-order valence-corrected chi connectivity index (χ3v) is 4.79. The molecule has 0 radical (unpaired) electrons. The standard InChI is InChI=1S/C19H18Cl2F2N2O3/c1-2-25(17-13(20)8-24-9-14(17)21)18(26)12-5-6-15(28-19(22)23)16(7-12)27-10-11-3-4-11/h5-9,11,19H,2-4,10H2,1H3. The summed E-state index contributed by atoms with van der Waals surface area (Å²) in [6.45, 7) is -0.553. The van der Waals surface area contributed by atoms with Crippen molar-refractivity contribution in [3.8, 4) is 11.5 Å². The summed E-state index contributed by atoms with van der Waals surface area (Å²) in [5, 5.41) is 0.455. The van der Waals surface area contributed by atoms with Crippen LogP contribution in [-0.2, 0) is 0 Å². The first-order valence-electron chi connectivity index (χ1n) is 8.73. The summed E-state index contributed by atoms with van der Waals surface area (Å²) in [7, 11) is 0. The average Bonchev–Trinajstić information content (AvgIpc) is 3.47. The van der Waals surface area contributed by atoms with Crippen LogP contribution in [0, 0.1) is 5.92 Å². The Morgan fingerprint density at radius 1 is 1.25 bits per heavy atom. The molecular formula is C19H18Cl2F2N2O3. The highest BCUT2D eigenvalue weighted by atomic mass is 35.5. The van der Waals surface area contributed by atoms with Gasteiger partial charge >= 0.3 is 6.61 Å². The van der Waals surface area contributed by atoms with E-state index in [1.165, 1.54) is 35.5 Å². The summed E-state index contributed by atoms with van der Waals surface area (Å²) >= 11 is 12.3. The predicted molar refractivity (Wildman–Crippen MR) is 103 cm³/mol. The third kappa shape index (κ3) is 4.83. The number of nitrogens with zero attached hydrogens (tertiary/aromatic N) is 2. The van der Waals surface area contributed by atoms with Gasteiger partial charge in [-0.3, -0.25) is 9.78 Å². The van der Waals surface area contributed by atoms with Gasteiger partial charge in [-0.05, 0) is 43.9 Å². The highest BCUT2D eigenvalue weighted by Gasteiger charge is 2.25. The Labute approximate surface area is 171 Å². The molecule has 0 unspecified atom stereocenters. The topological polar surface area (TPSA) is 51.7 Å². The smallest absolute Gasteiger partial charge is 0.387 e. The summed E-state index contributed by atoms with van der Waals surface area (Å²) < 4.78 is 35.5. The molecule has 1 fully saturated rings. The SMILES string of the molecule is CCN(C(=O)c1ccc(OC(F)F)c(OCC2CC2)c1)c1c(Cl)cncc1Cl. The fourth-order valence-electron chi connectivity index (χ4n) is 2.66. The molecule has 1 heterocycles. The molecule has 1 amide bonds. The Balaban J connectivity index is 1.91. The zero-order chi connectivity index (χ0) is 20.3. The molecule has 5 nitrogen and oxygen atoms in total. The number of rotatable bonds is 8. The summed E-state index contributed by atoms with van der Waals surface area (Å²) in [5.41, 5.74) is 0.567. The van der Waals surface area contributed by atoms with E-state index in [0.717, 1.165) is 12.8 Å². The van der Waals surface area contributed by atoms with Gasteiger partial charge in [0.1, 0.15) is 0 Å². The largest absolute Gasteiger partial charge is 0.489 e. The second kappa shape index (κ2) is 8.92. The Bertz CT molecular complexity index is 843. The van der Waals surface area contributed by atoms with Crippen LogP contribution in [0.25, 0.3) is 0 Å². The molecular weight excluding hydrogens is 413 g/mol. The Morgan fingerprint density at radius 2 is 1.93 bits per heavy atom. The summed E-state index contributed by atoms with van der Waals surface area (Å²) in [6, 6.07) is 4.09. The van der Waals surface area contributed by atoms with Crippen LogP contribution in [0.1, 0.15) is 30.1 Å². The van der Waals surface area contributed by atoms with Crippen molar-refractivity contribution in [2.45, 2.75) is 26.4 Å². The lowest BCUT2D eigenvalue weighted by Crippen LogP contribution is -2.31. The number of anilines is 1. The minimum atomic E-state index is -2.99. The quantitative estimate of drug-likeness (QED) is 0.558. The molecule has 1 aliphatic carbocycles. The number of alkyl halides is 2. The number of amides is 1. The maximum atomic E-state index is 13.1. The molecule has 2 aromatic rings. The van der Waals surface area contributed by atoms with E-state index in [1.807, 2.05) is 0 Å². The van der Waals surface area contributed by atoms with Crippen LogP contribution in [-0.4, -0.2) is 30.7 Å². The van der Waals surface area contributed by atoms with Gasteiger partial charge in [0, 0.05) is 24.5 Å². The third-order valence-electron chi connectivity index (χ3n) is 4.24. The van der Waals surface area contributed by atoms with E-state index in [-0.39, 0.29) is 33.7 Å². The molecule has 0 atom stereocenters. The molecule has 1 aliphatic rings. The van der Waals surface area contributed by atoms with Crippen molar-refractivity contribution in [2.24, 2.45) is 5.92 Å². The summed E-state index contributed by atoms with van der Waals surface area (Å²) in [6.07, 6.45) is 4.85. The van der Waals surface area contributed by atoms with Gasteiger partial charge in [0.15, 0.2) is 11.5 Å². The van der Waals surface area contributed by atoms with Crippen molar-refractivity contribution in [3.05, 3.63) is 46.2 Å². The molecule has 1 aromatic heterocycles. The van der Waals surface area contributed by atoms with E-state index in [1.54, 1.807) is 6.92 Å². The molecule has 0 aliphatic heterocycles. The molecule has 9 heteroatoms. The molecule has 28 heavy (non-hydrogen) atoms. The van der Waals surface area contributed by atoms with Gasteiger partial charge < -0.3 is 14.4 Å². The molecule has 150 valence electrons. The number of hydrogen-bond donors (Lipinski definition) is 0. The van der Waals surface area contributed by atoms with Crippen molar-refractivity contribution in [1.29, 1.82) is 0 Å². The second-order valence-corrected chi connectivity index (χ2v) is 7.11. The van der Waals surface area contributed by atoms with Gasteiger partial charge in [-0.2, -0.15) is 8.78 Å². The van der Waals surface area contributed by atoms with E-state index in [0.29, 0.717) is 18.2 Å². The van der Waals surface area contributed by atoms with E-state index in [4.69, 9.17) is 27.9 Å². The van der Waals surface area contributed by atoms with E-state index in [9.17, 15) is 13.6 Å². The number of carbonyl (C=O) groups excluding carboxylic acids is 1. The van der Waals surface area contributed by atoms with Crippen LogP contribution in [0.15, 0.2) is 30.6 Å². The van der Waals surface area contributed by atoms with E-state index in [2.05, 4.69) is 9.72 Å². The fraction of sp³-hybridized carbons (Fsp3) is 0.368. The Hall–Kier alpha value is -2.12. The van der Waals surface area contributed by atoms with Crippen molar-refractivity contribution < 1.29 is 23.0 Å². The van der Waals surface area contributed by atoms with Crippen molar-refractivity contribution >= 4 is 34.8 Å². The first kappa shape index (κ1) is 20.6. The van der Waals surface area contributed by atoms with E-state index >= 15 is 0 Å². The monoisotopic (exact) mass is 430 g/mol. The maximum Gasteiger partial charge on any atom is 0.387 e. The van der Waals surface area contributed by atoms with Gasteiger partial charge in [-0.1, -0.05) is 23.2 Å². The molecule has 0 N–H and O–H groups in total. The lowest BCUT2D eigenvalue weighted by atomic mass is 10.1. The Kier molecular flexibility index (Phi) is 6.57. The van der Waals surface area contributed by atoms with Gasteiger partial charge in [-0.15, -0.1) is 0 Å². The van der Waals surface area contributed by atoms with Gasteiger partial charge in [0.2, 0.25) is 0 Å². The molecule has 0 spiro atoms. The maximum absolute atomic E-state index is 13.1. The highest BCUT2D eigenvalue weighted by molar-refractivity contribution is 6.40. The van der Waals surface area contributed by atoms with Crippen LogP contribution in [0.3, 0.4) is 0 Å². The number of hydrogen-bond acceptors (Lipinski definition) is 4. The van der Waals surface area contributed by atoms with Crippen molar-refractivity contribution in [3.63, 3.8) is 0 Å². The minimum absolute atomic E-state index is 0.0982. The molecule has 0 saturated heterocycles. The first-order valence-corrected chi connectivity index (χ1v) is 9.48. The second-order valence-electron chi connectivity index (χ2n) is 6.30. The molecule has 1 saturated carbocycles. The van der Waals surface area contributed by atoms with Gasteiger partial charge in [-0.25, -0.2) is 0 Å². The zero-order valence-electron chi connectivity index (χ0n) is 15.0. The number of pyridine rings is 1. The van der Waals surface area contributed by atoms with Crippen LogP contribution in [0.5, 0.6) is 11.5 Å². The Morgan fingerprint density at radius 3 is 2.50 bits per heavy atom. The van der Waals surface area contributed by atoms with Crippen LogP contribution in [0.2, 0.25) is 10.0 Å². The molecule has 0 bridgehead atoms. The summed E-state index contributed by atoms with van der Waals surface area (Å²) in [4.78, 5) is 18.3. The minimum Gasteiger partial charge on any atom is -0.489 e. The number of aromatic nitrogens is 1. The number of halogens is 4. The predicted octanol–water partition coefficient (Wildman–Crippen LogP) is 5.45. The average molecular weight is 431 g/mol. The summed E-state index contributed by atoms with van der Waals surface area (Å²) in [5.74, 6) is -0.0195. The van der Waals surface area contributed by atoms with Gasteiger partial charge in [0.25, 0.3) is 5.91 Å². The molecule has 1 aromatic carbocycles. The van der Waals surface area contributed by atoms with Crippen molar-refractivity contribution in [2.75, 3.05) is 18.1 Å². The van der Waals surface area contributed by atoms with Gasteiger partial charge in [0.05, 0.1) is 22.3 Å². The lowest BCUT2D eigenvalue weighted by Gasteiger charge is -2.23. The normalized spacial score (nSPS) is 13.5. The number of carbonyl (C=O) groups is 1. The zero-order valence-corrected chi connectivity index (χ0v) is 16.5. The molecule has 3 rings (SSSR count). The number of benzene rings is 1. The lowest BCUT2D eigenvalue weighted by molar-refractivity contribution is -0.0515. The van der Waals surface area contributed by atoms with Crippen molar-refractivity contribution in [1.82, 2.24) is 4.98 Å². The van der Waals surface area contributed by atoms with E-state index < -0.39 is 12.5 Å². The van der Waals surface area contributed by atoms with Crippen LogP contribution in [0.4, 0.5) is 14.5 Å².